The van der Waals surface area contributed by atoms with Gasteiger partial charge in [0.2, 0.25) is 0 Å². The molecule has 1 atom stereocenters. The molecule has 0 aromatic heterocycles. The van der Waals surface area contributed by atoms with Crippen LogP contribution in [0.1, 0.15) is 33.1 Å². The summed E-state index contributed by atoms with van der Waals surface area (Å²) in [5.74, 6) is 1.02. The standard InChI is InChI=1S/C19H22N2O3/c1-12-5-4-6-14-15(12)10-20-11-16(14)21-19(22)13-7-8-17(23-2)18(9-13)24-3/h4-9,16,20H,10-11H2,1-3H3,(H,21,22). The first-order valence-corrected chi connectivity index (χ1v) is 7.96. The number of ether oxygens (including phenoxy) is 2. The van der Waals surface area contributed by atoms with Crippen LogP contribution in [0.2, 0.25) is 0 Å². The third-order valence-corrected chi connectivity index (χ3v) is 4.42. The number of benzene rings is 2. The topological polar surface area (TPSA) is 59.6 Å². The van der Waals surface area contributed by atoms with E-state index in [2.05, 4.69) is 29.7 Å². The van der Waals surface area contributed by atoms with E-state index in [4.69, 9.17) is 9.47 Å². The van der Waals surface area contributed by atoms with Gasteiger partial charge in [-0.05, 0) is 41.8 Å². The van der Waals surface area contributed by atoms with Crippen LogP contribution in [0, 0.1) is 6.92 Å². The number of hydrogen-bond donors (Lipinski definition) is 2. The minimum absolute atomic E-state index is 0.0470. The van der Waals surface area contributed by atoms with Crippen molar-refractivity contribution in [2.24, 2.45) is 0 Å². The van der Waals surface area contributed by atoms with Gasteiger partial charge in [-0.25, -0.2) is 0 Å². The maximum absolute atomic E-state index is 12.6. The van der Waals surface area contributed by atoms with Crippen molar-refractivity contribution in [1.29, 1.82) is 0 Å². The molecule has 1 amide bonds. The highest BCUT2D eigenvalue weighted by Gasteiger charge is 2.23. The number of carbonyl (C=O) groups is 1. The highest BCUT2D eigenvalue weighted by molar-refractivity contribution is 5.95. The van der Waals surface area contributed by atoms with E-state index in [1.165, 1.54) is 16.7 Å². The Labute approximate surface area is 142 Å². The fourth-order valence-corrected chi connectivity index (χ4v) is 3.09. The lowest BCUT2D eigenvalue weighted by Gasteiger charge is -2.28. The number of rotatable bonds is 4. The number of amides is 1. The first-order chi connectivity index (χ1) is 11.6. The molecule has 1 heterocycles. The van der Waals surface area contributed by atoms with Crippen molar-refractivity contribution in [3.63, 3.8) is 0 Å². The molecular weight excluding hydrogens is 304 g/mol. The summed E-state index contributed by atoms with van der Waals surface area (Å²) >= 11 is 0. The van der Waals surface area contributed by atoms with E-state index < -0.39 is 0 Å². The average molecular weight is 326 g/mol. The van der Waals surface area contributed by atoms with Crippen LogP contribution in [0.15, 0.2) is 36.4 Å². The molecule has 2 aromatic rings. The predicted molar refractivity (Wildman–Crippen MR) is 92.6 cm³/mol. The second-order valence-electron chi connectivity index (χ2n) is 5.87. The Hall–Kier alpha value is -2.53. The van der Waals surface area contributed by atoms with Gasteiger partial charge in [-0.15, -0.1) is 0 Å². The molecule has 1 aliphatic rings. The number of aryl methyl sites for hydroxylation is 1. The van der Waals surface area contributed by atoms with Gasteiger partial charge in [0.25, 0.3) is 5.91 Å². The predicted octanol–water partition coefficient (Wildman–Crippen LogP) is 2.59. The lowest BCUT2D eigenvalue weighted by Crippen LogP contribution is -2.39. The normalized spacial score (nSPS) is 16.2. The minimum Gasteiger partial charge on any atom is -0.493 e. The molecule has 0 saturated carbocycles. The van der Waals surface area contributed by atoms with E-state index >= 15 is 0 Å². The Morgan fingerprint density at radius 2 is 1.96 bits per heavy atom. The zero-order valence-corrected chi connectivity index (χ0v) is 14.2. The van der Waals surface area contributed by atoms with Gasteiger partial charge in [-0.2, -0.15) is 0 Å². The molecule has 2 aromatic carbocycles. The monoisotopic (exact) mass is 326 g/mol. The Kier molecular flexibility index (Phi) is 4.71. The minimum atomic E-state index is -0.128. The van der Waals surface area contributed by atoms with Crippen molar-refractivity contribution in [2.75, 3.05) is 20.8 Å². The van der Waals surface area contributed by atoms with Crippen molar-refractivity contribution < 1.29 is 14.3 Å². The molecule has 0 saturated heterocycles. The summed E-state index contributed by atoms with van der Waals surface area (Å²) < 4.78 is 10.5. The van der Waals surface area contributed by atoms with Gasteiger partial charge in [-0.3, -0.25) is 4.79 Å². The van der Waals surface area contributed by atoms with E-state index in [9.17, 15) is 4.79 Å². The number of nitrogens with one attached hydrogen (secondary N) is 2. The van der Waals surface area contributed by atoms with Crippen LogP contribution in [0.5, 0.6) is 11.5 Å². The van der Waals surface area contributed by atoms with Crippen LogP contribution >= 0.6 is 0 Å². The van der Waals surface area contributed by atoms with Crippen LogP contribution in [0.25, 0.3) is 0 Å². The fraction of sp³-hybridized carbons (Fsp3) is 0.316. The average Bonchev–Trinajstić information content (AvgIpc) is 2.62. The number of methoxy groups -OCH3 is 2. The first-order valence-electron chi connectivity index (χ1n) is 7.96. The van der Waals surface area contributed by atoms with Gasteiger partial charge in [0, 0.05) is 18.7 Å². The van der Waals surface area contributed by atoms with Crippen molar-refractivity contribution >= 4 is 5.91 Å². The lowest BCUT2D eigenvalue weighted by molar-refractivity contribution is 0.0934. The van der Waals surface area contributed by atoms with Crippen molar-refractivity contribution in [3.05, 3.63) is 58.7 Å². The quantitative estimate of drug-likeness (QED) is 0.907. The smallest absolute Gasteiger partial charge is 0.251 e. The van der Waals surface area contributed by atoms with E-state index in [0.29, 0.717) is 17.1 Å². The molecule has 3 rings (SSSR count). The third kappa shape index (κ3) is 3.08. The highest BCUT2D eigenvalue weighted by atomic mass is 16.5. The van der Waals surface area contributed by atoms with E-state index in [1.807, 2.05) is 6.07 Å². The number of fused-ring (bicyclic) bond motifs is 1. The maximum atomic E-state index is 12.6. The van der Waals surface area contributed by atoms with Gasteiger partial charge in [0.05, 0.1) is 20.3 Å². The summed E-state index contributed by atoms with van der Waals surface area (Å²) in [6, 6.07) is 11.3. The van der Waals surface area contributed by atoms with Crippen molar-refractivity contribution in [2.45, 2.75) is 19.5 Å². The molecule has 2 N–H and O–H groups in total. The van der Waals surface area contributed by atoms with E-state index in [-0.39, 0.29) is 11.9 Å². The van der Waals surface area contributed by atoms with Crippen molar-refractivity contribution in [3.8, 4) is 11.5 Å². The zero-order chi connectivity index (χ0) is 17.1. The Bertz CT molecular complexity index is 758. The SMILES string of the molecule is COc1ccc(C(=O)NC2CNCc3c(C)cccc32)cc1OC. The van der Waals surface area contributed by atoms with Crippen LogP contribution < -0.4 is 20.1 Å². The van der Waals surface area contributed by atoms with E-state index in [0.717, 1.165) is 13.1 Å². The summed E-state index contributed by atoms with van der Waals surface area (Å²) in [6.07, 6.45) is 0. The highest BCUT2D eigenvalue weighted by Crippen LogP contribution is 2.28. The van der Waals surface area contributed by atoms with E-state index in [1.54, 1.807) is 32.4 Å². The third-order valence-electron chi connectivity index (χ3n) is 4.42. The van der Waals surface area contributed by atoms with Crippen LogP contribution in [0.4, 0.5) is 0 Å². The molecule has 5 nitrogen and oxygen atoms in total. The molecule has 0 bridgehead atoms. The summed E-state index contributed by atoms with van der Waals surface area (Å²) in [7, 11) is 3.13. The molecule has 126 valence electrons. The summed E-state index contributed by atoms with van der Waals surface area (Å²) in [4.78, 5) is 12.6. The Balaban J connectivity index is 1.83. The summed E-state index contributed by atoms with van der Waals surface area (Å²) in [5.41, 5.74) is 4.24. The number of carbonyl (C=O) groups excluding carboxylic acids is 1. The molecule has 1 unspecified atom stereocenters. The lowest BCUT2D eigenvalue weighted by atomic mass is 9.93. The molecule has 5 heteroatoms. The largest absolute Gasteiger partial charge is 0.493 e. The summed E-state index contributed by atoms with van der Waals surface area (Å²) in [6.45, 7) is 3.65. The Morgan fingerprint density at radius 1 is 1.17 bits per heavy atom. The molecular formula is C19H22N2O3. The van der Waals surface area contributed by atoms with Gasteiger partial charge in [-0.1, -0.05) is 18.2 Å². The van der Waals surface area contributed by atoms with Gasteiger partial charge >= 0.3 is 0 Å². The van der Waals surface area contributed by atoms with Crippen LogP contribution in [-0.2, 0) is 6.54 Å². The Morgan fingerprint density at radius 3 is 2.71 bits per heavy atom. The molecule has 0 spiro atoms. The van der Waals surface area contributed by atoms with Gasteiger partial charge in [0.15, 0.2) is 11.5 Å². The second kappa shape index (κ2) is 6.93. The molecule has 24 heavy (non-hydrogen) atoms. The van der Waals surface area contributed by atoms with Gasteiger partial charge in [0.1, 0.15) is 0 Å². The molecule has 0 fully saturated rings. The molecule has 0 aliphatic carbocycles. The van der Waals surface area contributed by atoms with Crippen LogP contribution in [0.3, 0.4) is 0 Å². The van der Waals surface area contributed by atoms with Crippen LogP contribution in [-0.4, -0.2) is 26.7 Å². The molecule has 1 aliphatic heterocycles. The second-order valence-corrected chi connectivity index (χ2v) is 5.87. The molecule has 0 radical (unpaired) electrons. The summed E-state index contributed by atoms with van der Waals surface area (Å²) in [5, 5.41) is 6.48. The maximum Gasteiger partial charge on any atom is 0.251 e. The number of hydrogen-bond acceptors (Lipinski definition) is 4. The fourth-order valence-electron chi connectivity index (χ4n) is 3.09. The van der Waals surface area contributed by atoms with Gasteiger partial charge < -0.3 is 20.1 Å². The first kappa shape index (κ1) is 16.3. The van der Waals surface area contributed by atoms with Crippen molar-refractivity contribution in [1.82, 2.24) is 10.6 Å². The zero-order valence-electron chi connectivity index (χ0n) is 14.2.